The molecule has 0 saturated carbocycles. The Morgan fingerprint density at radius 2 is 1.88 bits per heavy atom. The van der Waals surface area contributed by atoms with Crippen molar-refractivity contribution in [1.82, 2.24) is 5.32 Å². The van der Waals surface area contributed by atoms with Crippen LogP contribution in [0.3, 0.4) is 0 Å². The summed E-state index contributed by atoms with van der Waals surface area (Å²) in [4.78, 5) is 11.1. The maximum Gasteiger partial charge on any atom is 0.159 e. The van der Waals surface area contributed by atoms with Crippen LogP contribution >= 0.6 is 0 Å². The molecule has 1 aliphatic heterocycles. The maximum atomic E-state index is 11.1. The third-order valence-corrected chi connectivity index (χ3v) is 2.85. The molecular formula is C13H17NO2. The quantitative estimate of drug-likeness (QED) is 0.790. The van der Waals surface area contributed by atoms with Gasteiger partial charge in [0.2, 0.25) is 0 Å². The van der Waals surface area contributed by atoms with Crippen LogP contribution < -0.4 is 10.1 Å². The Bertz CT molecular complexity index is 353. The molecule has 0 aliphatic carbocycles. The molecule has 0 spiro atoms. The minimum absolute atomic E-state index is 0.0911. The number of rotatable bonds is 3. The smallest absolute Gasteiger partial charge is 0.159 e. The van der Waals surface area contributed by atoms with Crippen LogP contribution in [-0.4, -0.2) is 25.0 Å². The first kappa shape index (κ1) is 11.1. The normalized spacial score (nSPS) is 17.1. The van der Waals surface area contributed by atoms with E-state index in [-0.39, 0.29) is 5.78 Å². The van der Waals surface area contributed by atoms with Crippen LogP contribution in [0.1, 0.15) is 30.1 Å². The number of benzene rings is 1. The number of hydrogen-bond donors (Lipinski definition) is 1. The van der Waals surface area contributed by atoms with E-state index in [2.05, 4.69) is 5.32 Å². The lowest BCUT2D eigenvalue weighted by Gasteiger charge is -2.23. The van der Waals surface area contributed by atoms with E-state index in [9.17, 15) is 4.79 Å². The Labute approximate surface area is 95.8 Å². The van der Waals surface area contributed by atoms with Gasteiger partial charge in [0.1, 0.15) is 11.9 Å². The minimum atomic E-state index is 0.0911. The van der Waals surface area contributed by atoms with Gasteiger partial charge in [-0.15, -0.1) is 0 Å². The molecule has 1 aromatic carbocycles. The topological polar surface area (TPSA) is 38.3 Å². The van der Waals surface area contributed by atoms with Crippen molar-refractivity contribution in [3.05, 3.63) is 29.8 Å². The van der Waals surface area contributed by atoms with E-state index >= 15 is 0 Å². The highest BCUT2D eigenvalue weighted by Gasteiger charge is 2.14. The van der Waals surface area contributed by atoms with Crippen LogP contribution in [0.2, 0.25) is 0 Å². The van der Waals surface area contributed by atoms with Gasteiger partial charge >= 0.3 is 0 Å². The lowest BCUT2D eigenvalue weighted by Crippen LogP contribution is -2.34. The molecule has 86 valence electrons. The van der Waals surface area contributed by atoms with Gasteiger partial charge in [0.15, 0.2) is 5.78 Å². The van der Waals surface area contributed by atoms with Crippen molar-refractivity contribution < 1.29 is 9.53 Å². The molecule has 1 heterocycles. The van der Waals surface area contributed by atoms with Crippen molar-refractivity contribution in [2.24, 2.45) is 0 Å². The van der Waals surface area contributed by atoms with Gasteiger partial charge in [-0.3, -0.25) is 4.79 Å². The third-order valence-electron chi connectivity index (χ3n) is 2.85. The number of carbonyl (C=O) groups excluding carboxylic acids is 1. The van der Waals surface area contributed by atoms with Crippen molar-refractivity contribution in [2.75, 3.05) is 13.1 Å². The Balaban J connectivity index is 1.96. The summed E-state index contributed by atoms with van der Waals surface area (Å²) < 4.78 is 5.84. The second-order valence-corrected chi connectivity index (χ2v) is 4.15. The fraction of sp³-hybridized carbons (Fsp3) is 0.462. The molecule has 3 nitrogen and oxygen atoms in total. The molecule has 0 unspecified atom stereocenters. The van der Waals surface area contributed by atoms with Crippen molar-refractivity contribution in [1.29, 1.82) is 0 Å². The Hall–Kier alpha value is -1.35. The van der Waals surface area contributed by atoms with E-state index in [0.717, 1.165) is 37.2 Å². The first-order chi connectivity index (χ1) is 7.75. The van der Waals surface area contributed by atoms with E-state index in [0.29, 0.717) is 6.10 Å². The monoisotopic (exact) mass is 219 g/mol. The summed E-state index contributed by atoms with van der Waals surface area (Å²) in [6.07, 6.45) is 2.41. The Morgan fingerprint density at radius 3 is 2.44 bits per heavy atom. The van der Waals surface area contributed by atoms with Crippen molar-refractivity contribution in [3.8, 4) is 5.75 Å². The van der Waals surface area contributed by atoms with Gasteiger partial charge < -0.3 is 10.1 Å². The van der Waals surface area contributed by atoms with E-state index < -0.39 is 0 Å². The summed E-state index contributed by atoms with van der Waals surface area (Å²) in [5, 5.41) is 3.30. The molecule has 16 heavy (non-hydrogen) atoms. The first-order valence-electron chi connectivity index (χ1n) is 5.74. The average Bonchev–Trinajstić information content (AvgIpc) is 2.31. The number of ketones is 1. The fourth-order valence-corrected chi connectivity index (χ4v) is 1.87. The highest BCUT2D eigenvalue weighted by Crippen LogP contribution is 2.17. The Kier molecular flexibility index (Phi) is 3.57. The number of Topliss-reactive ketones (excluding diaryl/α,β-unsaturated/α-hetero) is 1. The van der Waals surface area contributed by atoms with Crippen LogP contribution in [0, 0.1) is 0 Å². The molecular weight excluding hydrogens is 202 g/mol. The number of ether oxygens (including phenoxy) is 1. The van der Waals surface area contributed by atoms with E-state index in [1.807, 2.05) is 24.3 Å². The molecule has 2 rings (SSSR count). The Morgan fingerprint density at radius 1 is 1.25 bits per heavy atom. The average molecular weight is 219 g/mol. The molecule has 1 aromatic rings. The molecule has 0 amide bonds. The van der Waals surface area contributed by atoms with Crippen LogP contribution in [-0.2, 0) is 0 Å². The van der Waals surface area contributed by atoms with E-state index in [1.165, 1.54) is 0 Å². The van der Waals surface area contributed by atoms with Gasteiger partial charge in [0.25, 0.3) is 0 Å². The summed E-state index contributed by atoms with van der Waals surface area (Å²) in [5.74, 6) is 0.949. The predicted octanol–water partition coefficient (Wildman–Crippen LogP) is 2.02. The molecule has 1 saturated heterocycles. The summed E-state index contributed by atoms with van der Waals surface area (Å²) in [7, 11) is 0. The van der Waals surface area contributed by atoms with Gasteiger partial charge in [-0.1, -0.05) is 0 Å². The van der Waals surface area contributed by atoms with E-state index in [1.54, 1.807) is 6.92 Å². The van der Waals surface area contributed by atoms with Gasteiger partial charge in [-0.2, -0.15) is 0 Å². The molecule has 0 atom stereocenters. The van der Waals surface area contributed by atoms with Crippen LogP contribution in [0.5, 0.6) is 5.75 Å². The third kappa shape index (κ3) is 2.83. The summed E-state index contributed by atoms with van der Waals surface area (Å²) in [5.41, 5.74) is 0.734. The zero-order chi connectivity index (χ0) is 11.4. The molecule has 0 aromatic heterocycles. The first-order valence-corrected chi connectivity index (χ1v) is 5.74. The van der Waals surface area contributed by atoms with Gasteiger partial charge in [0, 0.05) is 5.56 Å². The summed E-state index contributed by atoms with van der Waals surface area (Å²) in [6.45, 7) is 3.62. The second-order valence-electron chi connectivity index (χ2n) is 4.15. The number of hydrogen-bond acceptors (Lipinski definition) is 3. The van der Waals surface area contributed by atoms with Gasteiger partial charge in [-0.05, 0) is 57.1 Å². The SMILES string of the molecule is CC(=O)c1ccc(OC2CCNCC2)cc1. The molecule has 1 N–H and O–H groups in total. The maximum absolute atomic E-state index is 11.1. The summed E-state index contributed by atoms with van der Waals surface area (Å²) in [6, 6.07) is 7.38. The van der Waals surface area contributed by atoms with Crippen LogP contribution in [0.25, 0.3) is 0 Å². The zero-order valence-electron chi connectivity index (χ0n) is 9.53. The number of carbonyl (C=O) groups is 1. The van der Waals surface area contributed by atoms with Gasteiger partial charge in [0.05, 0.1) is 0 Å². The molecule has 3 heteroatoms. The van der Waals surface area contributed by atoms with Gasteiger partial charge in [-0.25, -0.2) is 0 Å². The van der Waals surface area contributed by atoms with Crippen molar-refractivity contribution in [2.45, 2.75) is 25.9 Å². The number of nitrogens with one attached hydrogen (secondary N) is 1. The predicted molar refractivity (Wildman–Crippen MR) is 63.0 cm³/mol. The highest BCUT2D eigenvalue weighted by atomic mass is 16.5. The fourth-order valence-electron chi connectivity index (χ4n) is 1.87. The van der Waals surface area contributed by atoms with Crippen LogP contribution in [0.4, 0.5) is 0 Å². The molecule has 1 aliphatic rings. The largest absolute Gasteiger partial charge is 0.490 e. The van der Waals surface area contributed by atoms with Crippen LogP contribution in [0.15, 0.2) is 24.3 Å². The molecule has 0 radical (unpaired) electrons. The molecule has 1 fully saturated rings. The van der Waals surface area contributed by atoms with Crippen molar-refractivity contribution in [3.63, 3.8) is 0 Å². The minimum Gasteiger partial charge on any atom is -0.490 e. The van der Waals surface area contributed by atoms with E-state index in [4.69, 9.17) is 4.74 Å². The number of piperidine rings is 1. The van der Waals surface area contributed by atoms with Crippen molar-refractivity contribution >= 4 is 5.78 Å². The summed E-state index contributed by atoms with van der Waals surface area (Å²) >= 11 is 0. The zero-order valence-corrected chi connectivity index (χ0v) is 9.53. The standard InChI is InChI=1S/C13H17NO2/c1-10(15)11-2-4-12(5-3-11)16-13-6-8-14-9-7-13/h2-5,13-14H,6-9H2,1H3. The molecule has 0 bridgehead atoms. The lowest BCUT2D eigenvalue weighted by atomic mass is 10.1. The lowest BCUT2D eigenvalue weighted by molar-refractivity contribution is 0.101. The highest BCUT2D eigenvalue weighted by molar-refractivity contribution is 5.94. The second kappa shape index (κ2) is 5.12.